The summed E-state index contributed by atoms with van der Waals surface area (Å²) >= 11 is 5.87. The third kappa shape index (κ3) is 5.11. The van der Waals surface area contributed by atoms with Crippen molar-refractivity contribution in [3.05, 3.63) is 47.5 Å². The van der Waals surface area contributed by atoms with Gasteiger partial charge in [-0.3, -0.25) is 9.52 Å². The molecule has 0 aliphatic heterocycles. The van der Waals surface area contributed by atoms with E-state index in [4.69, 9.17) is 16.3 Å². The Balaban J connectivity index is 2.36. The van der Waals surface area contributed by atoms with Gasteiger partial charge in [0.2, 0.25) is 5.91 Å². The lowest BCUT2D eigenvalue weighted by atomic mass is 10.3. The molecule has 2 aromatic rings. The van der Waals surface area contributed by atoms with Crippen LogP contribution in [0.5, 0.6) is 5.75 Å². The summed E-state index contributed by atoms with van der Waals surface area (Å²) in [5.41, 5.74) is 0.656. The van der Waals surface area contributed by atoms with Crippen LogP contribution in [-0.4, -0.2) is 20.9 Å². The van der Waals surface area contributed by atoms with E-state index in [2.05, 4.69) is 10.0 Å². The highest BCUT2D eigenvalue weighted by Crippen LogP contribution is 2.29. The molecular formula is C17H19ClN2O4S. The maximum Gasteiger partial charge on any atom is 0.261 e. The SMILES string of the molecule is CCOc1ccc(S(=O)(=O)Nc2cccc(Cl)c2)cc1NC(=O)CC. The number of benzene rings is 2. The molecule has 0 unspecified atom stereocenters. The predicted octanol–water partition coefficient (Wildman–Crippen LogP) is 3.89. The van der Waals surface area contributed by atoms with Crippen LogP contribution < -0.4 is 14.8 Å². The molecule has 1 amide bonds. The number of hydrogen-bond acceptors (Lipinski definition) is 4. The van der Waals surface area contributed by atoms with Gasteiger partial charge in [0.05, 0.1) is 22.9 Å². The third-order valence-corrected chi connectivity index (χ3v) is 4.85. The number of anilines is 2. The van der Waals surface area contributed by atoms with E-state index in [1.165, 1.54) is 24.3 Å². The van der Waals surface area contributed by atoms with E-state index in [1.807, 2.05) is 0 Å². The summed E-state index contributed by atoms with van der Waals surface area (Å²) in [5.74, 6) is 0.171. The van der Waals surface area contributed by atoms with E-state index in [0.29, 0.717) is 28.8 Å². The van der Waals surface area contributed by atoms with Gasteiger partial charge >= 0.3 is 0 Å². The van der Waals surface area contributed by atoms with E-state index in [-0.39, 0.29) is 17.2 Å². The lowest BCUT2D eigenvalue weighted by molar-refractivity contribution is -0.115. The minimum atomic E-state index is -3.84. The minimum Gasteiger partial charge on any atom is -0.492 e. The quantitative estimate of drug-likeness (QED) is 0.760. The van der Waals surface area contributed by atoms with Crippen LogP contribution in [0.25, 0.3) is 0 Å². The van der Waals surface area contributed by atoms with Crippen LogP contribution in [-0.2, 0) is 14.8 Å². The van der Waals surface area contributed by atoms with E-state index in [0.717, 1.165) is 0 Å². The molecule has 0 aliphatic rings. The average molecular weight is 383 g/mol. The van der Waals surface area contributed by atoms with Gasteiger partial charge < -0.3 is 10.1 Å². The minimum absolute atomic E-state index is 0.00216. The highest BCUT2D eigenvalue weighted by Gasteiger charge is 2.18. The zero-order valence-corrected chi connectivity index (χ0v) is 15.4. The van der Waals surface area contributed by atoms with Gasteiger partial charge in [-0.15, -0.1) is 0 Å². The van der Waals surface area contributed by atoms with Gasteiger partial charge in [-0.2, -0.15) is 0 Å². The maximum atomic E-state index is 12.6. The molecule has 0 spiro atoms. The Bertz CT molecular complexity index is 869. The number of ether oxygens (including phenoxy) is 1. The van der Waals surface area contributed by atoms with Gasteiger partial charge in [-0.25, -0.2) is 8.42 Å². The average Bonchev–Trinajstić information content (AvgIpc) is 2.56. The van der Waals surface area contributed by atoms with Crippen molar-refractivity contribution in [3.63, 3.8) is 0 Å². The number of sulfonamides is 1. The van der Waals surface area contributed by atoms with E-state index >= 15 is 0 Å². The lowest BCUT2D eigenvalue weighted by Gasteiger charge is -2.14. The Morgan fingerprint density at radius 3 is 2.56 bits per heavy atom. The van der Waals surface area contributed by atoms with Crippen molar-refractivity contribution in [2.75, 3.05) is 16.6 Å². The fourth-order valence-corrected chi connectivity index (χ4v) is 3.33. The summed E-state index contributed by atoms with van der Waals surface area (Å²) in [7, 11) is -3.84. The number of carbonyl (C=O) groups excluding carboxylic acids is 1. The van der Waals surface area contributed by atoms with E-state index < -0.39 is 10.0 Å². The van der Waals surface area contributed by atoms with Crippen LogP contribution in [0.1, 0.15) is 20.3 Å². The molecule has 0 heterocycles. The molecule has 2 aromatic carbocycles. The van der Waals surface area contributed by atoms with Crippen molar-refractivity contribution in [2.24, 2.45) is 0 Å². The zero-order valence-electron chi connectivity index (χ0n) is 13.9. The molecule has 0 saturated heterocycles. The fraction of sp³-hybridized carbons (Fsp3) is 0.235. The molecule has 8 heteroatoms. The molecule has 0 fully saturated rings. The van der Waals surface area contributed by atoms with Crippen LogP contribution in [0.15, 0.2) is 47.4 Å². The normalized spacial score (nSPS) is 11.0. The molecule has 0 bridgehead atoms. The van der Waals surface area contributed by atoms with Gasteiger partial charge in [0, 0.05) is 11.4 Å². The first kappa shape index (κ1) is 19.1. The summed E-state index contributed by atoms with van der Waals surface area (Å²) in [6, 6.07) is 10.7. The van der Waals surface area contributed by atoms with Gasteiger partial charge in [-0.05, 0) is 43.3 Å². The second-order valence-corrected chi connectivity index (χ2v) is 7.23. The monoisotopic (exact) mass is 382 g/mol. The Labute approximate surface area is 152 Å². The molecule has 0 atom stereocenters. The molecule has 0 aliphatic carbocycles. The Morgan fingerprint density at radius 1 is 1.16 bits per heavy atom. The van der Waals surface area contributed by atoms with E-state index in [9.17, 15) is 13.2 Å². The number of halogens is 1. The van der Waals surface area contributed by atoms with E-state index in [1.54, 1.807) is 32.0 Å². The number of rotatable bonds is 7. The summed E-state index contributed by atoms with van der Waals surface area (Å²) in [6.07, 6.45) is 0.267. The van der Waals surface area contributed by atoms with Crippen molar-refractivity contribution < 1.29 is 17.9 Å². The van der Waals surface area contributed by atoms with Crippen molar-refractivity contribution in [3.8, 4) is 5.75 Å². The molecule has 2 rings (SSSR count). The van der Waals surface area contributed by atoms with Crippen molar-refractivity contribution >= 4 is 38.9 Å². The number of nitrogens with one attached hydrogen (secondary N) is 2. The molecule has 0 aromatic heterocycles. The molecular weight excluding hydrogens is 364 g/mol. The summed E-state index contributed by atoms with van der Waals surface area (Å²) in [5, 5.41) is 3.07. The molecule has 25 heavy (non-hydrogen) atoms. The molecule has 6 nitrogen and oxygen atoms in total. The second kappa shape index (κ2) is 8.22. The topological polar surface area (TPSA) is 84.5 Å². The molecule has 134 valence electrons. The van der Waals surface area contributed by atoms with Crippen LogP contribution in [0.2, 0.25) is 5.02 Å². The van der Waals surface area contributed by atoms with Gasteiger partial charge in [-0.1, -0.05) is 24.6 Å². The van der Waals surface area contributed by atoms with Crippen LogP contribution >= 0.6 is 11.6 Å². The van der Waals surface area contributed by atoms with Gasteiger partial charge in [0.1, 0.15) is 5.75 Å². The fourth-order valence-electron chi connectivity index (χ4n) is 2.06. The van der Waals surface area contributed by atoms with Crippen molar-refractivity contribution in [1.29, 1.82) is 0 Å². The second-order valence-electron chi connectivity index (χ2n) is 5.11. The first-order valence-corrected chi connectivity index (χ1v) is 9.57. The summed E-state index contributed by atoms with van der Waals surface area (Å²) < 4.78 is 33.1. The molecule has 0 saturated carbocycles. The first-order chi connectivity index (χ1) is 11.9. The molecule has 0 radical (unpaired) electrons. The smallest absolute Gasteiger partial charge is 0.261 e. The largest absolute Gasteiger partial charge is 0.492 e. The van der Waals surface area contributed by atoms with Gasteiger partial charge in [0.15, 0.2) is 0 Å². The first-order valence-electron chi connectivity index (χ1n) is 7.70. The Hall–Kier alpha value is -2.25. The third-order valence-electron chi connectivity index (χ3n) is 3.23. The Morgan fingerprint density at radius 2 is 1.92 bits per heavy atom. The Kier molecular flexibility index (Phi) is 6.27. The van der Waals surface area contributed by atoms with Gasteiger partial charge in [0.25, 0.3) is 10.0 Å². The zero-order chi connectivity index (χ0) is 18.4. The van der Waals surface area contributed by atoms with Crippen molar-refractivity contribution in [1.82, 2.24) is 0 Å². The van der Waals surface area contributed by atoms with Crippen LogP contribution in [0.3, 0.4) is 0 Å². The standard InChI is InChI=1S/C17H19ClN2O4S/c1-3-17(21)19-15-11-14(8-9-16(15)24-4-2)25(22,23)20-13-7-5-6-12(18)10-13/h5-11,20H,3-4H2,1-2H3,(H,19,21). The summed E-state index contributed by atoms with van der Waals surface area (Å²) in [6.45, 7) is 3.90. The number of hydrogen-bond donors (Lipinski definition) is 2. The highest BCUT2D eigenvalue weighted by molar-refractivity contribution is 7.92. The number of amides is 1. The summed E-state index contributed by atoms with van der Waals surface area (Å²) in [4.78, 5) is 11.7. The van der Waals surface area contributed by atoms with Crippen LogP contribution in [0.4, 0.5) is 11.4 Å². The maximum absolute atomic E-state index is 12.6. The van der Waals surface area contributed by atoms with Crippen molar-refractivity contribution in [2.45, 2.75) is 25.2 Å². The molecule has 2 N–H and O–H groups in total. The highest BCUT2D eigenvalue weighted by atomic mass is 35.5. The predicted molar refractivity (Wildman–Crippen MR) is 98.8 cm³/mol. The number of carbonyl (C=O) groups is 1. The van der Waals surface area contributed by atoms with Crippen LogP contribution in [0, 0.1) is 0 Å². The lowest BCUT2D eigenvalue weighted by Crippen LogP contribution is -2.15.